The molecule has 1 aromatic carbocycles. The van der Waals surface area contributed by atoms with Crippen LogP contribution in [0.1, 0.15) is 37.0 Å². The van der Waals surface area contributed by atoms with E-state index in [2.05, 4.69) is 10.3 Å². The summed E-state index contributed by atoms with van der Waals surface area (Å²) in [5.41, 5.74) is 2.55. The molecule has 0 aliphatic carbocycles. The minimum absolute atomic E-state index is 0.187. The van der Waals surface area contributed by atoms with Gasteiger partial charge in [-0.3, -0.25) is 4.57 Å². The summed E-state index contributed by atoms with van der Waals surface area (Å²) in [6.07, 6.45) is 0.813. The monoisotopic (exact) mass is 277 g/mol. The van der Waals surface area contributed by atoms with Crippen LogP contribution in [0, 0.1) is 11.6 Å². The molecule has 0 spiro atoms. The third-order valence-electron chi connectivity index (χ3n) is 3.53. The molecule has 0 atom stereocenters. The van der Waals surface area contributed by atoms with Crippen LogP contribution in [0.3, 0.4) is 0 Å². The Balaban J connectivity index is 2.22. The number of benzene rings is 1. The highest BCUT2D eigenvalue weighted by Gasteiger charge is 2.22. The maximum Gasteiger partial charge on any atom is 0.128 e. The zero-order valence-corrected chi connectivity index (χ0v) is 11.6. The van der Waals surface area contributed by atoms with Gasteiger partial charge in [-0.05, 0) is 12.1 Å². The fraction of sp³-hybridized carbons (Fsp3) is 0.400. The molecule has 1 aromatic heterocycles. The Kier molecular flexibility index (Phi) is 3.30. The maximum absolute atomic E-state index is 13.5. The van der Waals surface area contributed by atoms with Crippen LogP contribution in [0.25, 0.3) is 5.69 Å². The number of nitrogens with zero attached hydrogens (tertiary/aromatic N) is 2. The van der Waals surface area contributed by atoms with Gasteiger partial charge in [0, 0.05) is 37.2 Å². The number of fused-ring (bicyclic) bond motifs is 1. The van der Waals surface area contributed by atoms with Crippen molar-refractivity contribution in [3.63, 3.8) is 0 Å². The lowest BCUT2D eigenvalue weighted by Crippen LogP contribution is -2.24. The van der Waals surface area contributed by atoms with E-state index in [1.54, 1.807) is 0 Å². The van der Waals surface area contributed by atoms with Crippen LogP contribution in [-0.2, 0) is 13.0 Å². The van der Waals surface area contributed by atoms with Gasteiger partial charge in [0.25, 0.3) is 0 Å². The van der Waals surface area contributed by atoms with Crippen LogP contribution in [0.15, 0.2) is 18.2 Å². The standard InChI is InChI=1S/C15H17F2N3/c1-9(2)15-19-13-8-18-4-3-14(13)20(15)12-6-10(16)5-11(17)7-12/h5-7,9,18H,3-4,8H2,1-2H3. The number of halogens is 2. The molecule has 5 heteroatoms. The van der Waals surface area contributed by atoms with Gasteiger partial charge in [0.05, 0.1) is 11.4 Å². The summed E-state index contributed by atoms with van der Waals surface area (Å²) in [6, 6.07) is 3.61. The van der Waals surface area contributed by atoms with E-state index in [1.165, 1.54) is 12.1 Å². The average Bonchev–Trinajstić information content (AvgIpc) is 2.77. The molecule has 0 fully saturated rings. The molecule has 20 heavy (non-hydrogen) atoms. The summed E-state index contributed by atoms with van der Waals surface area (Å²) < 4.78 is 28.9. The number of hydrogen-bond donors (Lipinski definition) is 1. The highest BCUT2D eigenvalue weighted by Crippen LogP contribution is 2.26. The first-order chi connectivity index (χ1) is 9.56. The smallest absolute Gasteiger partial charge is 0.128 e. The van der Waals surface area contributed by atoms with Gasteiger partial charge in [-0.25, -0.2) is 13.8 Å². The molecule has 1 aliphatic heterocycles. The lowest BCUT2D eigenvalue weighted by atomic mass is 10.1. The maximum atomic E-state index is 13.5. The lowest BCUT2D eigenvalue weighted by Gasteiger charge is -2.17. The second-order valence-corrected chi connectivity index (χ2v) is 5.41. The van der Waals surface area contributed by atoms with E-state index >= 15 is 0 Å². The summed E-state index contributed by atoms with van der Waals surface area (Å²) in [5, 5.41) is 3.27. The summed E-state index contributed by atoms with van der Waals surface area (Å²) in [5.74, 6) is -0.0900. The average molecular weight is 277 g/mol. The summed E-state index contributed by atoms with van der Waals surface area (Å²) in [7, 11) is 0. The van der Waals surface area contributed by atoms with Gasteiger partial charge in [-0.15, -0.1) is 0 Å². The SMILES string of the molecule is CC(C)c1nc2c(n1-c1cc(F)cc(F)c1)CCNC2. The van der Waals surface area contributed by atoms with E-state index in [0.29, 0.717) is 12.2 Å². The minimum Gasteiger partial charge on any atom is -0.311 e. The van der Waals surface area contributed by atoms with Crippen LogP contribution >= 0.6 is 0 Å². The van der Waals surface area contributed by atoms with Gasteiger partial charge in [-0.2, -0.15) is 0 Å². The predicted octanol–water partition coefficient (Wildman–Crippen LogP) is 2.92. The number of hydrogen-bond acceptors (Lipinski definition) is 2. The molecule has 0 saturated heterocycles. The Hall–Kier alpha value is -1.75. The van der Waals surface area contributed by atoms with Gasteiger partial charge in [-0.1, -0.05) is 13.8 Å². The van der Waals surface area contributed by atoms with E-state index in [0.717, 1.165) is 36.2 Å². The third kappa shape index (κ3) is 2.22. The fourth-order valence-corrected chi connectivity index (χ4v) is 2.68. The molecule has 3 nitrogen and oxygen atoms in total. The molecular formula is C15H17F2N3. The number of imidazole rings is 1. The highest BCUT2D eigenvalue weighted by atomic mass is 19.1. The Morgan fingerprint density at radius 2 is 1.90 bits per heavy atom. The van der Waals surface area contributed by atoms with E-state index in [9.17, 15) is 8.78 Å². The van der Waals surface area contributed by atoms with Crippen LogP contribution in [0.5, 0.6) is 0 Å². The van der Waals surface area contributed by atoms with Crippen LogP contribution in [0.2, 0.25) is 0 Å². The van der Waals surface area contributed by atoms with Crippen molar-refractivity contribution in [3.05, 3.63) is 47.0 Å². The zero-order valence-electron chi connectivity index (χ0n) is 11.6. The molecule has 0 amide bonds. The lowest BCUT2D eigenvalue weighted by molar-refractivity contribution is 0.578. The van der Waals surface area contributed by atoms with Gasteiger partial charge in [0.2, 0.25) is 0 Å². The van der Waals surface area contributed by atoms with E-state index < -0.39 is 11.6 Å². The molecule has 3 rings (SSSR count). The van der Waals surface area contributed by atoms with Gasteiger partial charge >= 0.3 is 0 Å². The molecule has 0 bridgehead atoms. The summed E-state index contributed by atoms with van der Waals surface area (Å²) >= 11 is 0. The van der Waals surface area contributed by atoms with Gasteiger partial charge in [0.15, 0.2) is 0 Å². The molecular weight excluding hydrogens is 260 g/mol. The fourth-order valence-electron chi connectivity index (χ4n) is 2.68. The largest absolute Gasteiger partial charge is 0.311 e. The molecule has 0 saturated carbocycles. The highest BCUT2D eigenvalue weighted by molar-refractivity contribution is 5.40. The van der Waals surface area contributed by atoms with Crippen LogP contribution < -0.4 is 5.32 Å². The van der Waals surface area contributed by atoms with Crippen LogP contribution in [0.4, 0.5) is 8.78 Å². The van der Waals surface area contributed by atoms with Crippen molar-refractivity contribution in [3.8, 4) is 5.69 Å². The Morgan fingerprint density at radius 3 is 2.55 bits per heavy atom. The molecule has 0 radical (unpaired) electrons. The second-order valence-electron chi connectivity index (χ2n) is 5.41. The number of aromatic nitrogens is 2. The Labute approximate surface area is 116 Å². The van der Waals surface area contributed by atoms with Crippen molar-refractivity contribution in [1.82, 2.24) is 14.9 Å². The number of nitrogens with one attached hydrogen (secondary N) is 1. The molecule has 0 unspecified atom stereocenters. The normalized spacial score (nSPS) is 14.7. The van der Waals surface area contributed by atoms with Crippen molar-refractivity contribution in [2.75, 3.05) is 6.54 Å². The second kappa shape index (κ2) is 4.98. The van der Waals surface area contributed by atoms with E-state index in [4.69, 9.17) is 0 Å². The molecule has 1 aliphatic rings. The van der Waals surface area contributed by atoms with Crippen molar-refractivity contribution in [2.24, 2.45) is 0 Å². The Bertz CT molecular complexity index is 627. The number of rotatable bonds is 2. The van der Waals surface area contributed by atoms with Crippen molar-refractivity contribution < 1.29 is 8.78 Å². The van der Waals surface area contributed by atoms with Crippen LogP contribution in [-0.4, -0.2) is 16.1 Å². The molecule has 2 heterocycles. The van der Waals surface area contributed by atoms with Crippen molar-refractivity contribution in [2.45, 2.75) is 32.7 Å². The van der Waals surface area contributed by atoms with Crippen molar-refractivity contribution in [1.29, 1.82) is 0 Å². The molecule has 106 valence electrons. The zero-order chi connectivity index (χ0) is 14.3. The van der Waals surface area contributed by atoms with Gasteiger partial charge < -0.3 is 5.32 Å². The Morgan fingerprint density at radius 1 is 1.20 bits per heavy atom. The first-order valence-corrected chi connectivity index (χ1v) is 6.84. The predicted molar refractivity (Wildman–Crippen MR) is 73.0 cm³/mol. The summed E-state index contributed by atoms with van der Waals surface area (Å²) in [6.45, 7) is 5.63. The first-order valence-electron chi connectivity index (χ1n) is 6.84. The topological polar surface area (TPSA) is 29.9 Å². The van der Waals surface area contributed by atoms with Gasteiger partial charge in [0.1, 0.15) is 17.5 Å². The van der Waals surface area contributed by atoms with Crippen molar-refractivity contribution >= 4 is 0 Å². The summed E-state index contributed by atoms with van der Waals surface area (Å²) in [4.78, 5) is 4.64. The molecule has 1 N–H and O–H groups in total. The quantitative estimate of drug-likeness (QED) is 0.914. The third-order valence-corrected chi connectivity index (χ3v) is 3.53. The molecule has 2 aromatic rings. The van der Waals surface area contributed by atoms with E-state index in [1.807, 2.05) is 18.4 Å². The first kappa shape index (κ1) is 13.2. The van der Waals surface area contributed by atoms with E-state index in [-0.39, 0.29) is 5.92 Å². The minimum atomic E-state index is -0.564.